The first-order valence-corrected chi connectivity index (χ1v) is 5.80. The van der Waals surface area contributed by atoms with Crippen molar-refractivity contribution in [1.29, 1.82) is 0 Å². The van der Waals surface area contributed by atoms with Crippen molar-refractivity contribution >= 4 is 29.1 Å². The molecule has 0 aliphatic rings. The van der Waals surface area contributed by atoms with Gasteiger partial charge in [-0.2, -0.15) is 0 Å². The molecular weight excluding hydrogens is 268 g/mol. The SMILES string of the molecule is COCC(CCl)NC(=O)c1cc(Cl)ccc1F. The zero-order valence-electron chi connectivity index (χ0n) is 9.17. The number of nitrogens with one attached hydrogen (secondary N) is 1. The van der Waals surface area contributed by atoms with Crippen LogP contribution < -0.4 is 5.32 Å². The molecule has 0 heterocycles. The molecule has 0 aliphatic carbocycles. The lowest BCUT2D eigenvalue weighted by atomic mass is 10.2. The molecule has 17 heavy (non-hydrogen) atoms. The zero-order valence-corrected chi connectivity index (χ0v) is 10.7. The van der Waals surface area contributed by atoms with Crippen molar-refractivity contribution in [1.82, 2.24) is 5.32 Å². The van der Waals surface area contributed by atoms with Crippen molar-refractivity contribution < 1.29 is 13.9 Å². The summed E-state index contributed by atoms with van der Waals surface area (Å²) in [4.78, 5) is 11.7. The molecule has 0 radical (unpaired) electrons. The minimum absolute atomic E-state index is 0.108. The molecule has 6 heteroatoms. The maximum atomic E-state index is 13.4. The second-order valence-electron chi connectivity index (χ2n) is 3.40. The van der Waals surface area contributed by atoms with Gasteiger partial charge in [0.25, 0.3) is 5.91 Å². The molecule has 94 valence electrons. The number of methoxy groups -OCH3 is 1. The number of carbonyl (C=O) groups is 1. The van der Waals surface area contributed by atoms with E-state index in [2.05, 4.69) is 5.32 Å². The molecular formula is C11H12Cl2FNO2. The third-order valence-corrected chi connectivity index (χ3v) is 2.67. The molecule has 0 saturated heterocycles. The van der Waals surface area contributed by atoms with E-state index in [0.29, 0.717) is 5.02 Å². The van der Waals surface area contributed by atoms with E-state index >= 15 is 0 Å². The molecule has 0 saturated carbocycles. The van der Waals surface area contributed by atoms with E-state index < -0.39 is 11.7 Å². The van der Waals surface area contributed by atoms with Crippen LogP contribution in [0.5, 0.6) is 0 Å². The van der Waals surface area contributed by atoms with Gasteiger partial charge in [0.15, 0.2) is 0 Å². The molecule has 0 bridgehead atoms. The number of hydrogen-bond donors (Lipinski definition) is 1. The van der Waals surface area contributed by atoms with Crippen LogP contribution in [0.1, 0.15) is 10.4 Å². The van der Waals surface area contributed by atoms with Crippen LogP contribution in [0.3, 0.4) is 0 Å². The largest absolute Gasteiger partial charge is 0.383 e. The molecule has 1 amide bonds. The third kappa shape index (κ3) is 4.15. The van der Waals surface area contributed by atoms with Crippen LogP contribution in [0, 0.1) is 5.82 Å². The highest BCUT2D eigenvalue weighted by molar-refractivity contribution is 6.31. The molecule has 1 atom stereocenters. The Kier molecular flexibility index (Phi) is 5.68. The standard InChI is InChI=1S/C11H12Cl2FNO2/c1-17-6-8(5-12)15-11(16)9-4-7(13)2-3-10(9)14/h2-4,8H,5-6H2,1H3,(H,15,16). The summed E-state index contributed by atoms with van der Waals surface area (Å²) in [5.41, 5.74) is -0.108. The van der Waals surface area contributed by atoms with E-state index in [1.807, 2.05) is 0 Å². The van der Waals surface area contributed by atoms with Crippen LogP contribution in [0.4, 0.5) is 4.39 Å². The average Bonchev–Trinajstić information content (AvgIpc) is 2.31. The Hall–Kier alpha value is -0.840. The number of hydrogen-bond acceptors (Lipinski definition) is 2. The maximum absolute atomic E-state index is 13.4. The molecule has 1 aromatic carbocycles. The summed E-state index contributed by atoms with van der Waals surface area (Å²) in [7, 11) is 1.49. The number of alkyl halides is 1. The normalized spacial score (nSPS) is 12.2. The van der Waals surface area contributed by atoms with E-state index in [-0.39, 0.29) is 24.1 Å². The second-order valence-corrected chi connectivity index (χ2v) is 4.15. The van der Waals surface area contributed by atoms with E-state index in [0.717, 1.165) is 6.07 Å². The molecule has 0 aromatic heterocycles. The van der Waals surface area contributed by atoms with Gasteiger partial charge in [0, 0.05) is 18.0 Å². The molecule has 1 unspecified atom stereocenters. The van der Waals surface area contributed by atoms with E-state index in [9.17, 15) is 9.18 Å². The van der Waals surface area contributed by atoms with Crippen LogP contribution in [-0.4, -0.2) is 31.5 Å². The molecule has 1 N–H and O–H groups in total. The van der Waals surface area contributed by atoms with Gasteiger partial charge in [-0.3, -0.25) is 4.79 Å². The van der Waals surface area contributed by atoms with Gasteiger partial charge < -0.3 is 10.1 Å². The number of benzene rings is 1. The first-order valence-electron chi connectivity index (χ1n) is 4.89. The number of amides is 1. The molecule has 0 fully saturated rings. The fourth-order valence-electron chi connectivity index (χ4n) is 1.26. The summed E-state index contributed by atoms with van der Waals surface area (Å²) in [6, 6.07) is 3.42. The van der Waals surface area contributed by atoms with Crippen molar-refractivity contribution in [3.05, 3.63) is 34.6 Å². The van der Waals surface area contributed by atoms with Crippen molar-refractivity contribution in [3.8, 4) is 0 Å². The highest BCUT2D eigenvalue weighted by Crippen LogP contribution is 2.14. The third-order valence-electron chi connectivity index (χ3n) is 2.06. The van der Waals surface area contributed by atoms with E-state index in [1.54, 1.807) is 0 Å². The monoisotopic (exact) mass is 279 g/mol. The molecule has 3 nitrogen and oxygen atoms in total. The van der Waals surface area contributed by atoms with Gasteiger partial charge in [-0.1, -0.05) is 11.6 Å². The van der Waals surface area contributed by atoms with Crippen LogP contribution >= 0.6 is 23.2 Å². The number of halogens is 3. The summed E-state index contributed by atoms with van der Waals surface area (Å²) < 4.78 is 18.2. The van der Waals surface area contributed by atoms with Crippen LogP contribution in [0.15, 0.2) is 18.2 Å². The van der Waals surface area contributed by atoms with Gasteiger partial charge in [0.1, 0.15) is 5.82 Å². The minimum Gasteiger partial charge on any atom is -0.383 e. The zero-order chi connectivity index (χ0) is 12.8. The van der Waals surface area contributed by atoms with Gasteiger partial charge in [0.05, 0.1) is 18.2 Å². The van der Waals surface area contributed by atoms with Gasteiger partial charge in [-0.25, -0.2) is 4.39 Å². The Balaban J connectivity index is 2.78. The van der Waals surface area contributed by atoms with Crippen molar-refractivity contribution in [2.45, 2.75) is 6.04 Å². The average molecular weight is 280 g/mol. The Morgan fingerprint density at radius 3 is 2.88 bits per heavy atom. The summed E-state index contributed by atoms with van der Waals surface area (Å²) in [6.45, 7) is 0.261. The van der Waals surface area contributed by atoms with Gasteiger partial charge in [-0.15, -0.1) is 11.6 Å². The Labute approximate surface area is 109 Å². The molecule has 1 rings (SSSR count). The Bertz CT molecular complexity index is 401. The topological polar surface area (TPSA) is 38.3 Å². The predicted octanol–water partition coefficient (Wildman–Crippen LogP) is 2.46. The summed E-state index contributed by atoms with van der Waals surface area (Å²) in [5, 5.41) is 2.85. The summed E-state index contributed by atoms with van der Waals surface area (Å²) >= 11 is 11.3. The Morgan fingerprint density at radius 2 is 2.29 bits per heavy atom. The quantitative estimate of drug-likeness (QED) is 0.841. The molecule has 0 aliphatic heterocycles. The first kappa shape index (κ1) is 14.2. The minimum atomic E-state index is -0.627. The number of carbonyl (C=O) groups excluding carboxylic acids is 1. The smallest absolute Gasteiger partial charge is 0.254 e. The van der Waals surface area contributed by atoms with Crippen LogP contribution in [0.25, 0.3) is 0 Å². The van der Waals surface area contributed by atoms with Gasteiger partial charge in [0.2, 0.25) is 0 Å². The number of rotatable bonds is 5. The van der Waals surface area contributed by atoms with E-state index in [1.165, 1.54) is 19.2 Å². The lowest BCUT2D eigenvalue weighted by molar-refractivity contribution is 0.0903. The fraction of sp³-hybridized carbons (Fsp3) is 0.364. The lowest BCUT2D eigenvalue weighted by Crippen LogP contribution is -2.39. The van der Waals surface area contributed by atoms with Gasteiger partial charge >= 0.3 is 0 Å². The lowest BCUT2D eigenvalue weighted by Gasteiger charge is -2.15. The summed E-state index contributed by atoms with van der Waals surface area (Å²) in [5.74, 6) is -1.01. The maximum Gasteiger partial charge on any atom is 0.254 e. The number of ether oxygens (including phenoxy) is 1. The summed E-state index contributed by atoms with van der Waals surface area (Å²) in [6.07, 6.45) is 0. The Morgan fingerprint density at radius 1 is 1.59 bits per heavy atom. The van der Waals surface area contributed by atoms with Crippen molar-refractivity contribution in [3.63, 3.8) is 0 Å². The first-order chi connectivity index (χ1) is 8.08. The van der Waals surface area contributed by atoms with E-state index in [4.69, 9.17) is 27.9 Å². The second kappa shape index (κ2) is 6.79. The molecule has 1 aromatic rings. The fourth-order valence-corrected chi connectivity index (χ4v) is 1.60. The molecule has 0 spiro atoms. The van der Waals surface area contributed by atoms with Crippen LogP contribution in [-0.2, 0) is 4.74 Å². The van der Waals surface area contributed by atoms with Crippen LogP contribution in [0.2, 0.25) is 5.02 Å². The highest BCUT2D eigenvalue weighted by atomic mass is 35.5. The van der Waals surface area contributed by atoms with Crippen molar-refractivity contribution in [2.75, 3.05) is 19.6 Å². The highest BCUT2D eigenvalue weighted by Gasteiger charge is 2.16. The predicted molar refractivity (Wildman–Crippen MR) is 65.3 cm³/mol. The van der Waals surface area contributed by atoms with Crippen molar-refractivity contribution in [2.24, 2.45) is 0 Å². The van der Waals surface area contributed by atoms with Gasteiger partial charge in [-0.05, 0) is 18.2 Å².